The van der Waals surface area contributed by atoms with Gasteiger partial charge in [0, 0.05) is 12.8 Å². The number of aryl methyl sites for hydroxylation is 1. The third-order valence-electron chi connectivity index (χ3n) is 3.54. The number of carbonyl (C=O) groups is 1. The molecule has 3 nitrogen and oxygen atoms in total. The first-order valence-electron chi connectivity index (χ1n) is 7.00. The molecule has 2 rings (SSSR count). The fourth-order valence-electron chi connectivity index (χ4n) is 1.98. The van der Waals surface area contributed by atoms with Crippen LogP contribution < -0.4 is 0 Å². The highest BCUT2D eigenvalue weighted by Gasteiger charge is 2.19. The van der Waals surface area contributed by atoms with E-state index in [0.717, 1.165) is 11.5 Å². The van der Waals surface area contributed by atoms with Crippen molar-refractivity contribution < 1.29 is 9.21 Å². The maximum atomic E-state index is 12.2. The summed E-state index contributed by atoms with van der Waals surface area (Å²) in [6, 6.07) is 12.1. The Morgan fingerprint density at radius 3 is 2.62 bits per heavy atom. The van der Waals surface area contributed by atoms with Crippen LogP contribution in [0.1, 0.15) is 29.9 Å². The van der Waals surface area contributed by atoms with Gasteiger partial charge in [0.25, 0.3) is 0 Å². The van der Waals surface area contributed by atoms with Gasteiger partial charge in [-0.25, -0.2) is 0 Å². The minimum absolute atomic E-state index is 0.0347. The molecule has 1 unspecified atom stereocenters. The van der Waals surface area contributed by atoms with Crippen molar-refractivity contribution in [3.05, 3.63) is 59.5 Å². The van der Waals surface area contributed by atoms with Gasteiger partial charge in [-0.05, 0) is 31.5 Å². The van der Waals surface area contributed by atoms with Crippen LogP contribution in [0.4, 0.5) is 0 Å². The number of nitrogens with zero attached hydrogens (tertiary/aromatic N) is 1. The summed E-state index contributed by atoms with van der Waals surface area (Å²) in [5.74, 6) is 2.27. The summed E-state index contributed by atoms with van der Waals surface area (Å²) in [5, 5.41) is 0. The Hall–Kier alpha value is -1.68. The summed E-state index contributed by atoms with van der Waals surface area (Å²) in [6.07, 6.45) is 1.64. The molecule has 0 spiro atoms. The van der Waals surface area contributed by atoms with Crippen LogP contribution in [0.5, 0.6) is 0 Å². The average molecular weight is 303 g/mol. The van der Waals surface area contributed by atoms with E-state index in [-0.39, 0.29) is 11.9 Å². The van der Waals surface area contributed by atoms with Crippen LogP contribution in [0.2, 0.25) is 0 Å². The number of amides is 1. The van der Waals surface area contributed by atoms with Crippen molar-refractivity contribution in [3.63, 3.8) is 0 Å². The molecular formula is C17H21NO2S. The van der Waals surface area contributed by atoms with Crippen molar-refractivity contribution in [1.82, 2.24) is 4.90 Å². The lowest BCUT2D eigenvalue weighted by Gasteiger charge is -2.23. The van der Waals surface area contributed by atoms with Crippen LogP contribution in [-0.2, 0) is 10.5 Å². The second kappa shape index (κ2) is 7.36. The molecule has 112 valence electrons. The normalized spacial score (nSPS) is 12.1. The summed E-state index contributed by atoms with van der Waals surface area (Å²) in [7, 11) is 1.82. The monoisotopic (exact) mass is 303 g/mol. The van der Waals surface area contributed by atoms with Crippen LogP contribution in [0.3, 0.4) is 0 Å². The zero-order valence-electron chi connectivity index (χ0n) is 12.7. The van der Waals surface area contributed by atoms with Gasteiger partial charge >= 0.3 is 0 Å². The minimum atomic E-state index is -0.0347. The number of thioether (sulfide) groups is 1. The van der Waals surface area contributed by atoms with Gasteiger partial charge in [0.15, 0.2) is 0 Å². The first kappa shape index (κ1) is 15.7. The van der Waals surface area contributed by atoms with Crippen LogP contribution >= 0.6 is 11.8 Å². The van der Waals surface area contributed by atoms with Crippen molar-refractivity contribution in [2.24, 2.45) is 0 Å². The van der Waals surface area contributed by atoms with E-state index >= 15 is 0 Å². The zero-order valence-corrected chi connectivity index (χ0v) is 13.5. The van der Waals surface area contributed by atoms with E-state index < -0.39 is 0 Å². The predicted molar refractivity (Wildman–Crippen MR) is 87.2 cm³/mol. The zero-order chi connectivity index (χ0) is 15.2. The minimum Gasteiger partial charge on any atom is -0.467 e. The molecule has 0 N–H and O–H groups in total. The Balaban J connectivity index is 1.80. The molecule has 1 atom stereocenters. The van der Waals surface area contributed by atoms with Crippen LogP contribution in [-0.4, -0.2) is 23.6 Å². The maximum Gasteiger partial charge on any atom is 0.232 e. The summed E-state index contributed by atoms with van der Waals surface area (Å²) in [4.78, 5) is 13.9. The Morgan fingerprint density at radius 2 is 2.00 bits per heavy atom. The van der Waals surface area contributed by atoms with Crippen LogP contribution in [0.25, 0.3) is 0 Å². The van der Waals surface area contributed by atoms with Gasteiger partial charge in [0.05, 0.1) is 18.1 Å². The van der Waals surface area contributed by atoms with E-state index in [0.29, 0.717) is 5.75 Å². The fourth-order valence-corrected chi connectivity index (χ4v) is 2.89. The van der Waals surface area contributed by atoms with E-state index in [2.05, 4.69) is 31.2 Å². The first-order chi connectivity index (χ1) is 10.1. The molecule has 0 radical (unpaired) electrons. The van der Waals surface area contributed by atoms with E-state index in [1.807, 2.05) is 26.1 Å². The molecule has 1 amide bonds. The highest BCUT2D eigenvalue weighted by molar-refractivity contribution is 7.99. The van der Waals surface area contributed by atoms with Gasteiger partial charge in [-0.15, -0.1) is 11.8 Å². The number of furan rings is 1. The number of carbonyl (C=O) groups excluding carboxylic acids is 1. The van der Waals surface area contributed by atoms with E-state index in [1.165, 1.54) is 11.1 Å². The second-order valence-corrected chi connectivity index (χ2v) is 6.16. The molecule has 0 aliphatic rings. The van der Waals surface area contributed by atoms with Gasteiger partial charge in [0.1, 0.15) is 5.76 Å². The van der Waals surface area contributed by atoms with Crippen LogP contribution in [0.15, 0.2) is 47.1 Å². The van der Waals surface area contributed by atoms with Gasteiger partial charge < -0.3 is 9.32 Å². The molecule has 21 heavy (non-hydrogen) atoms. The summed E-state index contributed by atoms with van der Waals surface area (Å²) >= 11 is 1.64. The molecule has 0 fully saturated rings. The first-order valence-corrected chi connectivity index (χ1v) is 8.15. The van der Waals surface area contributed by atoms with Crippen molar-refractivity contribution >= 4 is 17.7 Å². The van der Waals surface area contributed by atoms with Gasteiger partial charge in [-0.1, -0.05) is 29.8 Å². The largest absolute Gasteiger partial charge is 0.467 e. The predicted octanol–water partition coefficient (Wildman–Crippen LogP) is 4.04. The maximum absolute atomic E-state index is 12.2. The molecule has 0 aliphatic carbocycles. The molecule has 0 saturated heterocycles. The van der Waals surface area contributed by atoms with Crippen molar-refractivity contribution in [2.75, 3.05) is 12.8 Å². The molecule has 1 heterocycles. The highest BCUT2D eigenvalue weighted by Crippen LogP contribution is 2.20. The molecular weight excluding hydrogens is 282 g/mol. The SMILES string of the molecule is Cc1ccc(CSCC(=O)N(C)C(C)c2ccco2)cc1. The molecule has 0 aliphatic heterocycles. The van der Waals surface area contributed by atoms with Crippen molar-refractivity contribution in [1.29, 1.82) is 0 Å². The molecule has 1 aromatic carbocycles. The van der Waals surface area contributed by atoms with E-state index in [9.17, 15) is 4.79 Å². The lowest BCUT2D eigenvalue weighted by molar-refractivity contribution is -0.129. The summed E-state index contributed by atoms with van der Waals surface area (Å²) in [5.41, 5.74) is 2.51. The second-order valence-electron chi connectivity index (χ2n) is 5.17. The number of rotatable bonds is 6. The lowest BCUT2D eigenvalue weighted by Crippen LogP contribution is -2.30. The Morgan fingerprint density at radius 1 is 1.29 bits per heavy atom. The fraction of sp³-hybridized carbons (Fsp3) is 0.353. The average Bonchev–Trinajstić information content (AvgIpc) is 3.02. The number of hydrogen-bond acceptors (Lipinski definition) is 3. The Labute approximate surface area is 130 Å². The third-order valence-corrected chi connectivity index (χ3v) is 4.53. The smallest absolute Gasteiger partial charge is 0.232 e. The summed E-state index contributed by atoms with van der Waals surface area (Å²) < 4.78 is 5.35. The standard InChI is InChI=1S/C17H21NO2S/c1-13-6-8-15(9-7-13)11-21-12-17(19)18(3)14(2)16-5-4-10-20-16/h4-10,14H,11-12H2,1-3H3. The highest BCUT2D eigenvalue weighted by atomic mass is 32.2. The Bertz CT molecular complexity index is 563. The van der Waals surface area contributed by atoms with E-state index in [4.69, 9.17) is 4.42 Å². The van der Waals surface area contributed by atoms with E-state index in [1.54, 1.807) is 22.9 Å². The third kappa shape index (κ3) is 4.39. The molecule has 4 heteroatoms. The van der Waals surface area contributed by atoms with Crippen molar-refractivity contribution in [2.45, 2.75) is 25.6 Å². The molecule has 0 saturated carbocycles. The molecule has 2 aromatic rings. The topological polar surface area (TPSA) is 33.5 Å². The van der Waals surface area contributed by atoms with Gasteiger partial charge in [0.2, 0.25) is 5.91 Å². The Kier molecular flexibility index (Phi) is 5.51. The van der Waals surface area contributed by atoms with Crippen molar-refractivity contribution in [3.8, 4) is 0 Å². The number of benzene rings is 1. The lowest BCUT2D eigenvalue weighted by atomic mass is 10.2. The molecule has 1 aromatic heterocycles. The van der Waals surface area contributed by atoms with Gasteiger partial charge in [-0.3, -0.25) is 4.79 Å². The number of hydrogen-bond donors (Lipinski definition) is 0. The van der Waals surface area contributed by atoms with Gasteiger partial charge in [-0.2, -0.15) is 0 Å². The quantitative estimate of drug-likeness (QED) is 0.807. The summed E-state index contributed by atoms with van der Waals surface area (Å²) in [6.45, 7) is 4.05. The molecule has 0 bridgehead atoms. The van der Waals surface area contributed by atoms with Crippen LogP contribution in [0, 0.1) is 6.92 Å².